The van der Waals surface area contributed by atoms with Crippen molar-refractivity contribution < 1.29 is 0 Å². The third kappa shape index (κ3) is 4.84. The van der Waals surface area contributed by atoms with E-state index in [4.69, 9.17) is 11.6 Å². The lowest BCUT2D eigenvalue weighted by molar-refractivity contribution is 1.13. The average Bonchev–Trinajstić information content (AvgIpc) is 2.70. The fourth-order valence-corrected chi connectivity index (χ4v) is 2.31. The molecule has 0 spiro atoms. The molecule has 1 N–H and O–H groups in total. The van der Waals surface area contributed by atoms with Gasteiger partial charge in [0.25, 0.3) is 5.56 Å². The van der Waals surface area contributed by atoms with Crippen molar-refractivity contribution in [1.29, 1.82) is 0 Å². The van der Waals surface area contributed by atoms with Crippen LogP contribution in [0.1, 0.15) is 0 Å². The number of halogens is 1. The highest BCUT2D eigenvalue weighted by molar-refractivity contribution is 6.29. The van der Waals surface area contributed by atoms with Crippen LogP contribution in [0.5, 0.6) is 0 Å². The van der Waals surface area contributed by atoms with E-state index in [2.05, 4.69) is 19.9 Å². The minimum atomic E-state index is -0.131. The summed E-state index contributed by atoms with van der Waals surface area (Å²) in [6.45, 7) is 0. The molecule has 0 amide bonds. The van der Waals surface area contributed by atoms with E-state index in [9.17, 15) is 4.79 Å². The molecule has 0 aliphatic carbocycles. The smallest absolute Gasteiger partial charge is 0.251 e. The van der Waals surface area contributed by atoms with Gasteiger partial charge in [-0.15, -0.1) is 0 Å². The highest BCUT2D eigenvalue weighted by atomic mass is 35.5. The highest BCUT2D eigenvalue weighted by Gasteiger charge is 1.99. The molecule has 4 rings (SSSR count). The zero-order chi connectivity index (χ0) is 18.2. The predicted molar refractivity (Wildman–Crippen MR) is 103 cm³/mol. The van der Waals surface area contributed by atoms with Crippen molar-refractivity contribution in [2.45, 2.75) is 0 Å². The quantitative estimate of drug-likeness (QED) is 0.541. The fourth-order valence-electron chi connectivity index (χ4n) is 2.18. The first-order valence-electron chi connectivity index (χ1n) is 7.87. The molecular weight excluding hydrogens is 348 g/mol. The van der Waals surface area contributed by atoms with Gasteiger partial charge in [-0.3, -0.25) is 4.79 Å². The molecule has 2 aromatic carbocycles. The van der Waals surface area contributed by atoms with Crippen LogP contribution in [0.25, 0.3) is 22.8 Å². The van der Waals surface area contributed by atoms with Gasteiger partial charge in [-0.25, -0.2) is 15.0 Å². The molecule has 5 nitrogen and oxygen atoms in total. The van der Waals surface area contributed by atoms with Crippen molar-refractivity contribution in [3.05, 3.63) is 101 Å². The van der Waals surface area contributed by atoms with Crippen molar-refractivity contribution in [2.24, 2.45) is 0 Å². The summed E-state index contributed by atoms with van der Waals surface area (Å²) >= 11 is 5.74. The lowest BCUT2D eigenvalue weighted by Gasteiger charge is -1.98. The number of H-pyrrole nitrogens is 1. The summed E-state index contributed by atoms with van der Waals surface area (Å²) in [6, 6.07) is 22.3. The summed E-state index contributed by atoms with van der Waals surface area (Å²) in [7, 11) is 0. The Labute approximate surface area is 155 Å². The third-order valence-electron chi connectivity index (χ3n) is 3.37. The third-order valence-corrected chi connectivity index (χ3v) is 3.58. The molecule has 2 aromatic heterocycles. The van der Waals surface area contributed by atoms with Gasteiger partial charge in [0.05, 0.1) is 0 Å². The molecule has 0 saturated heterocycles. The van der Waals surface area contributed by atoms with Crippen LogP contribution in [0.4, 0.5) is 0 Å². The maximum Gasteiger partial charge on any atom is 0.251 e. The average molecular weight is 363 g/mol. The van der Waals surface area contributed by atoms with Crippen LogP contribution >= 0.6 is 11.6 Å². The molecule has 0 atom stereocenters. The minimum absolute atomic E-state index is 0.131. The van der Waals surface area contributed by atoms with Crippen molar-refractivity contribution in [3.8, 4) is 22.8 Å². The second-order valence-corrected chi connectivity index (χ2v) is 5.60. The van der Waals surface area contributed by atoms with Crippen LogP contribution in [0, 0.1) is 0 Å². The van der Waals surface area contributed by atoms with Gasteiger partial charge < -0.3 is 4.98 Å². The van der Waals surface area contributed by atoms with Gasteiger partial charge in [-0.05, 0) is 6.07 Å². The Kier molecular flexibility index (Phi) is 5.85. The van der Waals surface area contributed by atoms with Crippen LogP contribution in [-0.2, 0) is 0 Å². The Morgan fingerprint density at radius 2 is 1.35 bits per heavy atom. The van der Waals surface area contributed by atoms with E-state index in [1.165, 1.54) is 12.3 Å². The number of hydrogen-bond donors (Lipinski definition) is 1. The van der Waals surface area contributed by atoms with Gasteiger partial charge >= 0.3 is 0 Å². The fraction of sp³-hybridized carbons (Fsp3) is 0. The topological polar surface area (TPSA) is 71.5 Å². The van der Waals surface area contributed by atoms with Crippen molar-refractivity contribution in [2.75, 3.05) is 0 Å². The molecule has 0 saturated carbocycles. The van der Waals surface area contributed by atoms with E-state index in [-0.39, 0.29) is 5.56 Å². The SMILES string of the molecule is Clc1ccnc(-c2ccccc2)n1.O=c1ccnc(-c2ccccc2)[nH]1. The summed E-state index contributed by atoms with van der Waals surface area (Å²) in [5, 5.41) is 0.467. The molecule has 0 bridgehead atoms. The predicted octanol–water partition coefficient (Wildman–Crippen LogP) is 4.23. The molecule has 4 aromatic rings. The molecule has 0 fully saturated rings. The number of aromatic amines is 1. The number of hydrogen-bond acceptors (Lipinski definition) is 4. The maximum atomic E-state index is 11.0. The van der Waals surface area contributed by atoms with Gasteiger partial charge in [-0.1, -0.05) is 72.3 Å². The zero-order valence-electron chi connectivity index (χ0n) is 13.7. The van der Waals surface area contributed by atoms with E-state index in [1.54, 1.807) is 12.3 Å². The second-order valence-electron chi connectivity index (χ2n) is 5.22. The maximum absolute atomic E-state index is 11.0. The largest absolute Gasteiger partial charge is 0.307 e. The number of benzene rings is 2. The van der Waals surface area contributed by atoms with Crippen LogP contribution in [0.15, 0.2) is 90.0 Å². The lowest BCUT2D eigenvalue weighted by Crippen LogP contribution is -2.05. The molecule has 128 valence electrons. The molecule has 0 unspecified atom stereocenters. The number of rotatable bonds is 2. The minimum Gasteiger partial charge on any atom is -0.307 e. The van der Waals surface area contributed by atoms with Gasteiger partial charge in [0.2, 0.25) is 0 Å². The monoisotopic (exact) mass is 362 g/mol. The van der Waals surface area contributed by atoms with Crippen molar-refractivity contribution in [3.63, 3.8) is 0 Å². The van der Waals surface area contributed by atoms with Crippen molar-refractivity contribution in [1.82, 2.24) is 19.9 Å². The standard InChI is InChI=1S/C10H7ClN2.C10H8N2O/c11-9-6-7-12-10(13-9)8-4-2-1-3-5-8;13-9-6-7-11-10(12-9)8-4-2-1-3-5-8/h1-7H;1-7H,(H,11,12,13). The van der Waals surface area contributed by atoms with Gasteiger partial charge in [0, 0.05) is 29.6 Å². The summed E-state index contributed by atoms with van der Waals surface area (Å²) in [6.07, 6.45) is 3.15. The normalized spacial score (nSPS) is 9.88. The molecule has 0 aliphatic rings. The summed E-state index contributed by atoms with van der Waals surface area (Å²) in [4.78, 5) is 25.9. The van der Waals surface area contributed by atoms with E-state index in [0.717, 1.165) is 11.1 Å². The Balaban J connectivity index is 0.000000151. The first-order valence-corrected chi connectivity index (χ1v) is 8.25. The van der Waals surface area contributed by atoms with Crippen LogP contribution in [0.3, 0.4) is 0 Å². The Morgan fingerprint density at radius 3 is 1.96 bits per heavy atom. The lowest BCUT2D eigenvalue weighted by atomic mass is 10.2. The first kappa shape index (κ1) is 17.5. The van der Waals surface area contributed by atoms with Crippen LogP contribution in [-0.4, -0.2) is 19.9 Å². The molecule has 26 heavy (non-hydrogen) atoms. The van der Waals surface area contributed by atoms with E-state index in [1.807, 2.05) is 60.7 Å². The Hall–Kier alpha value is -3.31. The molecule has 2 heterocycles. The summed E-state index contributed by atoms with van der Waals surface area (Å²) in [5.74, 6) is 1.27. The molecule has 6 heteroatoms. The van der Waals surface area contributed by atoms with E-state index < -0.39 is 0 Å². The molecular formula is C20H15ClN4O. The number of aromatic nitrogens is 4. The Bertz CT molecular complexity index is 1020. The molecule has 0 aliphatic heterocycles. The van der Waals surface area contributed by atoms with E-state index >= 15 is 0 Å². The van der Waals surface area contributed by atoms with Crippen LogP contribution < -0.4 is 5.56 Å². The van der Waals surface area contributed by atoms with Crippen LogP contribution in [0.2, 0.25) is 5.15 Å². The zero-order valence-corrected chi connectivity index (χ0v) is 14.5. The van der Waals surface area contributed by atoms with E-state index in [0.29, 0.717) is 16.8 Å². The first-order chi connectivity index (χ1) is 12.7. The second kappa shape index (κ2) is 8.69. The van der Waals surface area contributed by atoms with Crippen molar-refractivity contribution >= 4 is 11.6 Å². The summed E-state index contributed by atoms with van der Waals surface area (Å²) < 4.78 is 0. The van der Waals surface area contributed by atoms with Gasteiger partial charge in [0.1, 0.15) is 11.0 Å². The van der Waals surface area contributed by atoms with Gasteiger partial charge in [0.15, 0.2) is 5.82 Å². The molecule has 0 radical (unpaired) electrons. The number of nitrogens with one attached hydrogen (secondary N) is 1. The Morgan fingerprint density at radius 1 is 0.731 bits per heavy atom. The highest BCUT2D eigenvalue weighted by Crippen LogP contribution is 2.15. The number of nitrogens with zero attached hydrogens (tertiary/aromatic N) is 3. The van der Waals surface area contributed by atoms with Gasteiger partial charge in [-0.2, -0.15) is 0 Å². The summed E-state index contributed by atoms with van der Waals surface area (Å²) in [5.41, 5.74) is 1.76.